The van der Waals surface area contributed by atoms with Crippen LogP contribution in [0.5, 0.6) is 0 Å². The van der Waals surface area contributed by atoms with Crippen LogP contribution in [0.3, 0.4) is 0 Å². The van der Waals surface area contributed by atoms with Gasteiger partial charge >= 0.3 is 270 Å². The van der Waals surface area contributed by atoms with Gasteiger partial charge in [-0.15, -0.1) is 0 Å². The summed E-state index contributed by atoms with van der Waals surface area (Å²) in [5.41, 5.74) is 0. The zero-order valence-corrected chi connectivity index (χ0v) is 31.6. The van der Waals surface area contributed by atoms with Crippen molar-refractivity contribution >= 4 is 34.4 Å². The van der Waals surface area contributed by atoms with Crippen molar-refractivity contribution in [1.82, 2.24) is 7.21 Å². The molecular weight excluding hydrogens is 640 g/mol. The Morgan fingerprint density at radius 2 is 0.905 bits per heavy atom. The van der Waals surface area contributed by atoms with Crippen LogP contribution in [0.15, 0.2) is 0 Å². The van der Waals surface area contributed by atoms with Gasteiger partial charge in [-0.3, -0.25) is 0 Å². The molecule has 0 radical (unpaired) electrons. The van der Waals surface area contributed by atoms with Gasteiger partial charge in [0.1, 0.15) is 0 Å². The Morgan fingerprint density at radius 1 is 0.500 bits per heavy atom. The normalized spacial score (nSPS) is 47.9. The Kier molecular flexibility index (Phi) is 9.59. The number of hydrogen-bond acceptors (Lipinski definition) is 6. The van der Waals surface area contributed by atoms with Crippen molar-refractivity contribution in [1.29, 1.82) is 0 Å². The van der Waals surface area contributed by atoms with Crippen LogP contribution in [-0.2, 0) is 14.1 Å². The van der Waals surface area contributed by atoms with E-state index in [1.807, 2.05) is 0 Å². The van der Waals surface area contributed by atoms with Crippen molar-refractivity contribution in [2.24, 2.45) is 35.5 Å². The second-order valence-corrected chi connectivity index (χ2v) is 23.9. The van der Waals surface area contributed by atoms with Crippen LogP contribution in [-0.4, -0.2) is 91.2 Å². The van der Waals surface area contributed by atoms with Crippen LogP contribution in [0, 0.1) is 35.5 Å². The number of piperidine rings is 2. The molecule has 0 amide bonds. The molecule has 8 unspecified atom stereocenters. The molecule has 8 fully saturated rings. The van der Waals surface area contributed by atoms with E-state index in [2.05, 4.69) is 21.1 Å². The predicted molar refractivity (Wildman–Crippen MR) is 167 cm³/mol. The number of rotatable bonds is 7. The van der Waals surface area contributed by atoms with Gasteiger partial charge in [-0.1, -0.05) is 0 Å². The summed E-state index contributed by atoms with van der Waals surface area (Å²) in [6.07, 6.45) is 26.0. The van der Waals surface area contributed by atoms with E-state index in [-0.39, 0.29) is 0 Å². The molecule has 8 aliphatic rings. The van der Waals surface area contributed by atoms with Gasteiger partial charge in [0, 0.05) is 0 Å². The second kappa shape index (κ2) is 13.3. The van der Waals surface area contributed by atoms with Crippen LogP contribution in [0.25, 0.3) is 0 Å². The molecule has 8 rings (SSSR count). The maximum atomic E-state index is 6.79. The van der Waals surface area contributed by atoms with E-state index in [9.17, 15) is 0 Å². The third-order valence-electron chi connectivity index (χ3n) is 13.9. The van der Waals surface area contributed by atoms with Crippen molar-refractivity contribution < 1.29 is 14.1 Å². The Morgan fingerprint density at radius 3 is 1.33 bits per heavy atom. The zero-order chi connectivity index (χ0) is 28.2. The molecule has 0 bridgehead atoms. The van der Waals surface area contributed by atoms with Gasteiger partial charge in [0.05, 0.1) is 0 Å². The first-order valence-corrected chi connectivity index (χ1v) is 24.8. The molecule has 0 N–H and O–H groups in total. The van der Waals surface area contributed by atoms with Crippen molar-refractivity contribution in [2.45, 2.75) is 166 Å². The molecule has 0 aromatic carbocycles. The summed E-state index contributed by atoms with van der Waals surface area (Å²) in [6, 6.07) is 2.80. The monoisotopic (exact) mass is 696 g/mol. The molecule has 4 saturated carbocycles. The van der Waals surface area contributed by atoms with Crippen molar-refractivity contribution in [2.75, 3.05) is 13.2 Å². The Labute approximate surface area is 268 Å². The van der Waals surface area contributed by atoms with Crippen LogP contribution in [0.1, 0.15) is 129 Å². The molecule has 4 aliphatic carbocycles. The fourth-order valence-electron chi connectivity index (χ4n) is 11.5. The Hall–Kier alpha value is 1.03. The SMILES string of the molecule is CC1CCC2CCCC3[O][Ga]([O]CC4CCC(C5CCC(C[O][Ga]6[O]C7CCCC8CCC(C)[N]6C87)CC5)CC4)[N]1C23. The summed E-state index contributed by atoms with van der Waals surface area (Å²) in [5, 5.41) is 0. The summed E-state index contributed by atoms with van der Waals surface area (Å²) in [5.74, 6) is 5.25. The predicted octanol–water partition coefficient (Wildman–Crippen LogP) is 6.71. The Balaban J connectivity index is 0.759. The summed E-state index contributed by atoms with van der Waals surface area (Å²) >= 11 is -4.52. The van der Waals surface area contributed by atoms with Gasteiger partial charge in [0.15, 0.2) is 0 Å². The van der Waals surface area contributed by atoms with Crippen LogP contribution in [0.4, 0.5) is 0 Å². The third-order valence-corrected chi connectivity index (χ3v) is 24.0. The third kappa shape index (κ3) is 5.96. The van der Waals surface area contributed by atoms with Crippen LogP contribution < -0.4 is 0 Å². The molecule has 8 atom stereocenters. The molecule has 42 heavy (non-hydrogen) atoms. The van der Waals surface area contributed by atoms with Crippen molar-refractivity contribution in [3.63, 3.8) is 0 Å². The molecule has 0 spiro atoms. The van der Waals surface area contributed by atoms with Crippen LogP contribution in [0.2, 0.25) is 0 Å². The minimum atomic E-state index is -2.26. The average Bonchev–Trinajstić information content (AvgIpc) is 3.60. The molecular formula is C34H58Ga2N2O4. The van der Waals surface area contributed by atoms with Gasteiger partial charge in [-0.2, -0.15) is 0 Å². The first-order chi connectivity index (χ1) is 20.6. The molecule has 0 aromatic heterocycles. The van der Waals surface area contributed by atoms with Gasteiger partial charge < -0.3 is 0 Å². The van der Waals surface area contributed by atoms with E-state index >= 15 is 0 Å². The van der Waals surface area contributed by atoms with Gasteiger partial charge in [-0.25, -0.2) is 0 Å². The first kappa shape index (κ1) is 30.4. The van der Waals surface area contributed by atoms with E-state index in [1.54, 1.807) is 0 Å². The fourth-order valence-corrected chi connectivity index (χ4v) is 22.9. The molecule has 4 aliphatic heterocycles. The molecule has 4 heterocycles. The fraction of sp³-hybridized carbons (Fsp3) is 1.00. The van der Waals surface area contributed by atoms with E-state index < -0.39 is 34.4 Å². The van der Waals surface area contributed by atoms with E-state index in [1.165, 1.54) is 116 Å². The zero-order valence-electron chi connectivity index (χ0n) is 26.8. The second-order valence-electron chi connectivity index (χ2n) is 16.3. The summed E-state index contributed by atoms with van der Waals surface area (Å²) in [4.78, 5) is 0. The molecule has 234 valence electrons. The minimum absolute atomic E-state index is 0.506. The van der Waals surface area contributed by atoms with Crippen molar-refractivity contribution in [3.8, 4) is 0 Å². The van der Waals surface area contributed by atoms with E-state index in [0.29, 0.717) is 36.4 Å². The van der Waals surface area contributed by atoms with Crippen LogP contribution >= 0.6 is 0 Å². The molecule has 6 nitrogen and oxygen atoms in total. The number of nitrogens with zero attached hydrogens (tertiary/aromatic N) is 2. The first-order valence-electron chi connectivity index (χ1n) is 18.7. The van der Waals surface area contributed by atoms with E-state index in [0.717, 1.165) is 48.7 Å². The summed E-state index contributed by atoms with van der Waals surface area (Å²) in [7, 11) is 0. The molecule has 0 aromatic rings. The van der Waals surface area contributed by atoms with E-state index in [4.69, 9.17) is 14.1 Å². The quantitative estimate of drug-likeness (QED) is 0.276. The number of hydrogen-bond donors (Lipinski definition) is 0. The maximum absolute atomic E-state index is 6.79. The standard InChI is InChI=1S/C14H24O2.2C10H17NO.2Ga/c15-9-11-1-5-13(6-2-11)14-7-3-12(10-16)4-8-14;2*1-7-5-6-8-3-2-4-9(12)10(8)11-7;;/h11-14H,1-10H2;2*7-10H,2-6H2,1H3;;/q3*-2;2*+3. The average molecular weight is 698 g/mol. The topological polar surface area (TPSA) is 43.4 Å². The molecule has 8 heteroatoms. The van der Waals surface area contributed by atoms with Gasteiger partial charge in [0.25, 0.3) is 0 Å². The Bertz CT molecular complexity index is 842. The van der Waals surface area contributed by atoms with Gasteiger partial charge in [-0.05, 0) is 0 Å². The summed E-state index contributed by atoms with van der Waals surface area (Å²) < 4.78 is 32.7. The van der Waals surface area contributed by atoms with Gasteiger partial charge in [0.2, 0.25) is 0 Å². The van der Waals surface area contributed by atoms with Crippen molar-refractivity contribution in [3.05, 3.63) is 0 Å². The summed E-state index contributed by atoms with van der Waals surface area (Å²) in [6.45, 7) is 6.87. The molecule has 4 saturated heterocycles.